The summed E-state index contributed by atoms with van der Waals surface area (Å²) in [5, 5.41) is 0. The predicted molar refractivity (Wildman–Crippen MR) is 90.7 cm³/mol. The summed E-state index contributed by atoms with van der Waals surface area (Å²) >= 11 is 0. The fourth-order valence-corrected chi connectivity index (χ4v) is 3.16. The molecule has 0 bridgehead atoms. The number of hydrogen-bond donors (Lipinski definition) is 1. The van der Waals surface area contributed by atoms with Crippen LogP contribution in [-0.2, 0) is 19.5 Å². The zero-order valence-electron chi connectivity index (χ0n) is 14.1. The Morgan fingerprint density at radius 2 is 1.46 bits per heavy atom. The summed E-state index contributed by atoms with van der Waals surface area (Å²) in [7, 11) is -3.56. The maximum absolute atomic E-state index is 12.0. The Morgan fingerprint density at radius 1 is 0.958 bits per heavy atom. The van der Waals surface area contributed by atoms with Crippen LogP contribution in [-0.4, -0.2) is 39.3 Å². The number of carbonyl (C=O) groups is 2. The Kier molecular flexibility index (Phi) is 7.70. The van der Waals surface area contributed by atoms with Crippen molar-refractivity contribution in [3.63, 3.8) is 0 Å². The van der Waals surface area contributed by atoms with E-state index >= 15 is 0 Å². The van der Waals surface area contributed by atoms with Crippen LogP contribution in [0.1, 0.15) is 54.3 Å². The summed E-state index contributed by atoms with van der Waals surface area (Å²) in [6.07, 6.45) is 1.25. The van der Waals surface area contributed by atoms with Crippen LogP contribution in [0.3, 0.4) is 0 Å². The van der Waals surface area contributed by atoms with Crippen molar-refractivity contribution in [1.29, 1.82) is 0 Å². The van der Waals surface area contributed by atoms with Crippen molar-refractivity contribution in [2.45, 2.75) is 33.6 Å². The van der Waals surface area contributed by atoms with Crippen LogP contribution < -0.4 is 4.72 Å². The summed E-state index contributed by atoms with van der Waals surface area (Å²) in [6.45, 7) is 5.53. The van der Waals surface area contributed by atoms with E-state index in [0.717, 1.165) is 6.42 Å². The van der Waals surface area contributed by atoms with Gasteiger partial charge in [-0.2, -0.15) is 0 Å². The molecule has 0 aliphatic carbocycles. The van der Waals surface area contributed by atoms with Gasteiger partial charge in [0, 0.05) is 0 Å². The molecule has 0 atom stereocenters. The topological polar surface area (TPSA) is 98.8 Å². The zero-order chi connectivity index (χ0) is 18.2. The first kappa shape index (κ1) is 20.0. The molecular formula is C16H23NO6S. The summed E-state index contributed by atoms with van der Waals surface area (Å²) < 4.78 is 36.3. The van der Waals surface area contributed by atoms with Gasteiger partial charge in [0.25, 0.3) is 0 Å². The molecule has 0 aromatic heterocycles. The lowest BCUT2D eigenvalue weighted by molar-refractivity contribution is 0.0525. The molecular weight excluding hydrogens is 334 g/mol. The Hall–Kier alpha value is -2.09. The molecule has 0 heterocycles. The van der Waals surface area contributed by atoms with Gasteiger partial charge in [-0.3, -0.25) is 4.72 Å². The van der Waals surface area contributed by atoms with Crippen LogP contribution in [0.25, 0.3) is 0 Å². The van der Waals surface area contributed by atoms with E-state index in [-0.39, 0.29) is 35.8 Å². The SMILES string of the molecule is CCCCS(=O)(=O)Nc1cc(C(=O)OCC)cc(C(=O)OCC)c1. The number of anilines is 1. The molecule has 0 aliphatic heterocycles. The average molecular weight is 357 g/mol. The van der Waals surface area contributed by atoms with Crippen molar-refractivity contribution in [1.82, 2.24) is 0 Å². The summed E-state index contributed by atoms with van der Waals surface area (Å²) in [6, 6.07) is 3.99. The van der Waals surface area contributed by atoms with Gasteiger partial charge in [-0.15, -0.1) is 0 Å². The minimum atomic E-state index is -3.56. The first-order valence-electron chi connectivity index (χ1n) is 7.82. The van der Waals surface area contributed by atoms with Crippen LogP contribution in [0.15, 0.2) is 18.2 Å². The minimum Gasteiger partial charge on any atom is -0.462 e. The Bertz CT molecular complexity index is 648. The van der Waals surface area contributed by atoms with Gasteiger partial charge < -0.3 is 9.47 Å². The van der Waals surface area contributed by atoms with Gasteiger partial charge in [0.2, 0.25) is 10.0 Å². The number of sulfonamides is 1. The number of carbonyl (C=O) groups excluding carboxylic acids is 2. The number of ether oxygens (including phenoxy) is 2. The molecule has 0 fully saturated rings. The second kappa shape index (κ2) is 9.27. The van der Waals surface area contributed by atoms with Crippen molar-refractivity contribution in [3.05, 3.63) is 29.3 Å². The second-order valence-electron chi connectivity index (χ2n) is 5.01. The molecule has 0 saturated heterocycles. The van der Waals surface area contributed by atoms with Gasteiger partial charge in [-0.05, 0) is 38.5 Å². The first-order valence-corrected chi connectivity index (χ1v) is 9.48. The number of nitrogens with one attached hydrogen (secondary N) is 1. The van der Waals surface area contributed by atoms with E-state index in [2.05, 4.69) is 4.72 Å². The van der Waals surface area contributed by atoms with E-state index in [1.807, 2.05) is 6.92 Å². The van der Waals surface area contributed by atoms with E-state index in [1.165, 1.54) is 18.2 Å². The molecule has 0 aliphatic rings. The van der Waals surface area contributed by atoms with E-state index < -0.39 is 22.0 Å². The molecule has 134 valence electrons. The summed E-state index contributed by atoms with van der Waals surface area (Å²) in [5.41, 5.74) is 0.283. The number of benzene rings is 1. The van der Waals surface area contributed by atoms with E-state index in [4.69, 9.17) is 9.47 Å². The molecule has 0 saturated carbocycles. The van der Waals surface area contributed by atoms with Gasteiger partial charge in [0.15, 0.2) is 0 Å². The second-order valence-corrected chi connectivity index (χ2v) is 6.86. The molecule has 24 heavy (non-hydrogen) atoms. The summed E-state index contributed by atoms with van der Waals surface area (Å²) in [5.74, 6) is -1.32. The first-order chi connectivity index (χ1) is 11.3. The molecule has 1 N–H and O–H groups in total. The largest absolute Gasteiger partial charge is 0.462 e. The van der Waals surface area contributed by atoms with Crippen molar-refractivity contribution < 1.29 is 27.5 Å². The number of esters is 2. The predicted octanol–water partition coefficient (Wildman–Crippen LogP) is 2.58. The van der Waals surface area contributed by atoms with E-state index in [9.17, 15) is 18.0 Å². The van der Waals surface area contributed by atoms with Crippen molar-refractivity contribution >= 4 is 27.6 Å². The quantitative estimate of drug-likeness (QED) is 0.682. The zero-order valence-corrected chi connectivity index (χ0v) is 14.9. The van der Waals surface area contributed by atoms with Crippen LogP contribution in [0.2, 0.25) is 0 Å². The Labute approximate surface area is 142 Å². The molecule has 0 spiro atoms. The smallest absolute Gasteiger partial charge is 0.338 e. The van der Waals surface area contributed by atoms with E-state index in [1.54, 1.807) is 13.8 Å². The van der Waals surface area contributed by atoms with Crippen LogP contribution >= 0.6 is 0 Å². The van der Waals surface area contributed by atoms with Crippen LogP contribution in [0, 0.1) is 0 Å². The van der Waals surface area contributed by atoms with Gasteiger partial charge in [-0.1, -0.05) is 13.3 Å². The van der Waals surface area contributed by atoms with Crippen molar-refractivity contribution in [2.75, 3.05) is 23.7 Å². The highest BCUT2D eigenvalue weighted by atomic mass is 32.2. The molecule has 0 unspecified atom stereocenters. The number of rotatable bonds is 9. The number of unbranched alkanes of at least 4 members (excludes halogenated alkanes) is 1. The summed E-state index contributed by atoms with van der Waals surface area (Å²) in [4.78, 5) is 23.8. The van der Waals surface area contributed by atoms with Crippen LogP contribution in [0.5, 0.6) is 0 Å². The lowest BCUT2D eigenvalue weighted by Gasteiger charge is -2.11. The number of hydrogen-bond acceptors (Lipinski definition) is 6. The molecule has 0 radical (unpaired) electrons. The van der Waals surface area contributed by atoms with Crippen LogP contribution in [0.4, 0.5) is 5.69 Å². The molecule has 7 nitrogen and oxygen atoms in total. The molecule has 1 aromatic rings. The molecule has 1 aromatic carbocycles. The monoisotopic (exact) mass is 357 g/mol. The highest BCUT2D eigenvalue weighted by Crippen LogP contribution is 2.19. The lowest BCUT2D eigenvalue weighted by Crippen LogP contribution is -2.18. The van der Waals surface area contributed by atoms with Gasteiger partial charge in [0.1, 0.15) is 0 Å². The fraction of sp³-hybridized carbons (Fsp3) is 0.500. The van der Waals surface area contributed by atoms with Gasteiger partial charge in [0.05, 0.1) is 35.8 Å². The van der Waals surface area contributed by atoms with Gasteiger partial charge in [-0.25, -0.2) is 18.0 Å². The third-order valence-electron chi connectivity index (χ3n) is 3.00. The van der Waals surface area contributed by atoms with E-state index in [0.29, 0.717) is 6.42 Å². The highest BCUT2D eigenvalue weighted by molar-refractivity contribution is 7.92. The van der Waals surface area contributed by atoms with Crippen molar-refractivity contribution in [2.24, 2.45) is 0 Å². The minimum absolute atomic E-state index is 0.0398. The third kappa shape index (κ3) is 6.19. The van der Waals surface area contributed by atoms with Crippen molar-refractivity contribution in [3.8, 4) is 0 Å². The lowest BCUT2D eigenvalue weighted by atomic mass is 10.1. The molecule has 1 rings (SSSR count). The normalized spacial score (nSPS) is 11.0. The third-order valence-corrected chi connectivity index (χ3v) is 4.37. The maximum Gasteiger partial charge on any atom is 0.338 e. The Balaban J connectivity index is 3.18. The fourth-order valence-electron chi connectivity index (χ4n) is 1.92. The molecule has 0 amide bonds. The average Bonchev–Trinajstić information content (AvgIpc) is 2.52. The Morgan fingerprint density at radius 3 is 1.88 bits per heavy atom. The molecule has 8 heteroatoms. The van der Waals surface area contributed by atoms with Gasteiger partial charge >= 0.3 is 11.9 Å². The maximum atomic E-state index is 12.0. The standard InChI is InChI=1S/C16H23NO6S/c1-4-7-8-24(20,21)17-14-10-12(15(18)22-5-2)9-13(11-14)16(19)23-6-3/h9-11,17H,4-8H2,1-3H3. The highest BCUT2D eigenvalue weighted by Gasteiger charge is 2.17.